The highest BCUT2D eigenvalue weighted by Crippen LogP contribution is 2.38. The Labute approximate surface area is 273 Å². The van der Waals surface area contributed by atoms with Gasteiger partial charge in [-0.15, -0.1) is 0 Å². The average Bonchev–Trinajstić information content (AvgIpc) is 3.64. The lowest BCUT2D eigenvalue weighted by Crippen LogP contribution is -2.11. The number of aryl methyl sites for hydroxylation is 1. The van der Waals surface area contributed by atoms with E-state index >= 15 is 0 Å². The van der Waals surface area contributed by atoms with Gasteiger partial charge >= 0.3 is 0 Å². The Bertz CT molecular complexity index is 2570. The number of rotatable bonds is 5. The molecule has 47 heavy (non-hydrogen) atoms. The number of benzene rings is 7. The normalized spacial score (nSPS) is 12.4. The molecule has 0 saturated heterocycles. The van der Waals surface area contributed by atoms with Gasteiger partial charge in [-0.05, 0) is 89.8 Å². The fourth-order valence-corrected chi connectivity index (χ4v) is 7.24. The van der Waals surface area contributed by atoms with Crippen LogP contribution in [-0.2, 0) is 0 Å². The van der Waals surface area contributed by atoms with E-state index in [1.165, 1.54) is 66.0 Å². The van der Waals surface area contributed by atoms with Crippen LogP contribution in [0.5, 0.6) is 0 Å². The van der Waals surface area contributed by atoms with Gasteiger partial charge in [-0.2, -0.15) is 0 Å². The Morgan fingerprint density at radius 2 is 0.830 bits per heavy atom. The van der Waals surface area contributed by atoms with Crippen molar-refractivity contribution in [2.24, 2.45) is 5.73 Å². The first-order chi connectivity index (χ1) is 23.1. The smallest absolute Gasteiger partial charge is 0.0551 e. The fourth-order valence-electron chi connectivity index (χ4n) is 7.24. The van der Waals surface area contributed by atoms with Crippen LogP contribution in [0.3, 0.4) is 0 Å². The van der Waals surface area contributed by atoms with E-state index in [-0.39, 0.29) is 6.04 Å². The highest BCUT2D eigenvalue weighted by molar-refractivity contribution is 6.12. The minimum Gasteiger partial charge on any atom is -0.320 e. The highest BCUT2D eigenvalue weighted by atomic mass is 15.0. The summed E-state index contributed by atoms with van der Waals surface area (Å²) in [5, 5.41) is 5.00. The molecule has 0 aliphatic rings. The predicted octanol–water partition coefficient (Wildman–Crippen LogP) is 10.9. The van der Waals surface area contributed by atoms with Crippen LogP contribution in [0.25, 0.3) is 66.1 Å². The summed E-state index contributed by atoms with van der Waals surface area (Å²) in [6, 6.07) is 58.8. The lowest BCUT2D eigenvalue weighted by atomic mass is 9.99. The second kappa shape index (κ2) is 10.9. The summed E-state index contributed by atoms with van der Waals surface area (Å²) in [7, 11) is 0. The van der Waals surface area contributed by atoms with Crippen LogP contribution >= 0.6 is 0 Å². The third-order valence-electron chi connectivity index (χ3n) is 9.64. The Balaban J connectivity index is 1.16. The molecule has 2 N–H and O–H groups in total. The van der Waals surface area contributed by atoms with E-state index < -0.39 is 0 Å². The largest absolute Gasteiger partial charge is 0.320 e. The monoisotopic (exact) mass is 603 g/mol. The van der Waals surface area contributed by atoms with Crippen molar-refractivity contribution < 1.29 is 0 Å². The van der Waals surface area contributed by atoms with Gasteiger partial charge in [-0.1, -0.05) is 109 Å². The molecule has 0 amide bonds. The molecule has 0 saturated carbocycles. The van der Waals surface area contributed by atoms with Crippen LogP contribution in [0.15, 0.2) is 164 Å². The summed E-state index contributed by atoms with van der Waals surface area (Å²) in [5.41, 5.74) is 19.6. The summed E-state index contributed by atoms with van der Waals surface area (Å²) >= 11 is 0. The molecule has 0 aliphatic carbocycles. The van der Waals surface area contributed by atoms with Gasteiger partial charge in [0.2, 0.25) is 0 Å². The summed E-state index contributed by atoms with van der Waals surface area (Å²) in [5.74, 6) is 0. The van der Waals surface area contributed by atoms with Crippen LogP contribution in [0.1, 0.15) is 22.7 Å². The zero-order chi connectivity index (χ0) is 31.5. The van der Waals surface area contributed by atoms with Crippen LogP contribution in [0.4, 0.5) is 0 Å². The summed E-state index contributed by atoms with van der Waals surface area (Å²) in [6.45, 7) is 2.13. The van der Waals surface area contributed by atoms with Crippen molar-refractivity contribution in [2.75, 3.05) is 0 Å². The topological polar surface area (TPSA) is 35.9 Å². The van der Waals surface area contributed by atoms with Gasteiger partial charge in [-0.25, -0.2) is 0 Å². The lowest BCUT2D eigenvalue weighted by Gasteiger charge is -2.14. The first kappa shape index (κ1) is 27.4. The molecule has 9 aromatic rings. The van der Waals surface area contributed by atoms with Crippen molar-refractivity contribution in [3.63, 3.8) is 0 Å². The Morgan fingerprint density at radius 1 is 0.404 bits per heavy atom. The van der Waals surface area contributed by atoms with Gasteiger partial charge in [-0.3, -0.25) is 0 Å². The van der Waals surface area contributed by atoms with E-state index in [0.717, 1.165) is 16.8 Å². The molecule has 0 fully saturated rings. The molecule has 3 nitrogen and oxygen atoms in total. The van der Waals surface area contributed by atoms with Gasteiger partial charge < -0.3 is 14.9 Å². The van der Waals surface area contributed by atoms with Gasteiger partial charge in [0.05, 0.1) is 28.1 Å². The summed E-state index contributed by atoms with van der Waals surface area (Å²) in [4.78, 5) is 0. The van der Waals surface area contributed by atoms with Crippen molar-refractivity contribution in [3.05, 3.63) is 180 Å². The SMILES string of the molecule is Cc1ccc(-n2c3ccccc3c3cc(-c4ccc5c(c4)c4ccccc4n5-c4ccc(C(N)c5ccccc5)cc4)ccc32)cc1. The van der Waals surface area contributed by atoms with Crippen LogP contribution in [0.2, 0.25) is 0 Å². The molecular formula is C44H33N3. The molecule has 9 rings (SSSR count). The molecule has 3 heteroatoms. The summed E-state index contributed by atoms with van der Waals surface area (Å²) < 4.78 is 4.74. The molecule has 0 radical (unpaired) electrons. The molecule has 2 heterocycles. The third kappa shape index (κ3) is 4.47. The lowest BCUT2D eigenvalue weighted by molar-refractivity contribution is 0.870. The van der Waals surface area contributed by atoms with E-state index in [1.54, 1.807) is 0 Å². The number of hydrogen-bond acceptors (Lipinski definition) is 1. The fraction of sp³-hybridized carbons (Fsp3) is 0.0455. The quantitative estimate of drug-likeness (QED) is 0.209. The first-order valence-electron chi connectivity index (χ1n) is 16.2. The van der Waals surface area contributed by atoms with Gasteiger partial charge in [0.15, 0.2) is 0 Å². The number of nitrogens with two attached hydrogens (primary N) is 1. The Morgan fingerprint density at radius 3 is 1.36 bits per heavy atom. The van der Waals surface area contributed by atoms with Crippen molar-refractivity contribution in [3.8, 4) is 22.5 Å². The molecule has 0 spiro atoms. The first-order valence-corrected chi connectivity index (χ1v) is 16.2. The van der Waals surface area contributed by atoms with E-state index in [9.17, 15) is 0 Å². The molecule has 7 aromatic carbocycles. The zero-order valence-electron chi connectivity index (χ0n) is 26.1. The second-order valence-corrected chi connectivity index (χ2v) is 12.5. The maximum Gasteiger partial charge on any atom is 0.0551 e. The zero-order valence-corrected chi connectivity index (χ0v) is 26.1. The molecule has 1 atom stereocenters. The molecule has 0 aliphatic heterocycles. The van der Waals surface area contributed by atoms with E-state index in [1.807, 2.05) is 18.2 Å². The molecule has 224 valence electrons. The van der Waals surface area contributed by atoms with Crippen LogP contribution < -0.4 is 5.73 Å². The van der Waals surface area contributed by atoms with Crippen molar-refractivity contribution in [2.45, 2.75) is 13.0 Å². The number of nitrogens with zero attached hydrogens (tertiary/aromatic N) is 2. The standard InChI is InChI=1S/C44H33N3/c1-29-15-21-34(22-16-29)46-40-13-7-5-11-36(40)38-27-32(19-25-42(38)46)33-20-26-43-39(28-33)37-12-6-8-14-41(37)47(43)35-23-17-31(18-24-35)44(45)30-9-3-2-4-10-30/h2-28,44H,45H2,1H3. The number of para-hydroxylation sites is 2. The average molecular weight is 604 g/mol. The van der Waals surface area contributed by atoms with Crippen molar-refractivity contribution in [1.29, 1.82) is 0 Å². The number of fused-ring (bicyclic) bond motifs is 6. The minimum atomic E-state index is -0.158. The van der Waals surface area contributed by atoms with Crippen molar-refractivity contribution >= 4 is 43.6 Å². The van der Waals surface area contributed by atoms with E-state index in [4.69, 9.17) is 5.73 Å². The number of aromatic nitrogens is 2. The highest BCUT2D eigenvalue weighted by Gasteiger charge is 2.16. The molecule has 1 unspecified atom stereocenters. The Hall–Kier alpha value is -5.90. The van der Waals surface area contributed by atoms with Crippen LogP contribution in [0, 0.1) is 6.92 Å². The Kier molecular flexibility index (Phi) is 6.34. The molecule has 2 aromatic heterocycles. The predicted molar refractivity (Wildman–Crippen MR) is 198 cm³/mol. The molecule has 0 bridgehead atoms. The van der Waals surface area contributed by atoms with Gasteiger partial charge in [0, 0.05) is 32.9 Å². The van der Waals surface area contributed by atoms with Gasteiger partial charge in [0.25, 0.3) is 0 Å². The molecular weight excluding hydrogens is 571 g/mol. The maximum atomic E-state index is 6.63. The third-order valence-corrected chi connectivity index (χ3v) is 9.64. The van der Waals surface area contributed by atoms with Gasteiger partial charge in [0.1, 0.15) is 0 Å². The van der Waals surface area contributed by atoms with E-state index in [2.05, 4.69) is 162 Å². The minimum absolute atomic E-state index is 0.158. The second-order valence-electron chi connectivity index (χ2n) is 12.5. The number of hydrogen-bond donors (Lipinski definition) is 1. The summed E-state index contributed by atoms with van der Waals surface area (Å²) in [6.07, 6.45) is 0. The van der Waals surface area contributed by atoms with Crippen molar-refractivity contribution in [1.82, 2.24) is 9.13 Å². The maximum absolute atomic E-state index is 6.63. The van der Waals surface area contributed by atoms with E-state index in [0.29, 0.717) is 0 Å². The van der Waals surface area contributed by atoms with Crippen LogP contribution in [-0.4, -0.2) is 9.13 Å².